The number of allylic oxidation sites excluding steroid dienone is 3. The van der Waals surface area contributed by atoms with Gasteiger partial charge >= 0.3 is 5.97 Å². The lowest BCUT2D eigenvalue weighted by Gasteiger charge is -2.42. The van der Waals surface area contributed by atoms with Crippen molar-refractivity contribution in [2.75, 3.05) is 13.7 Å². The van der Waals surface area contributed by atoms with Gasteiger partial charge in [0, 0.05) is 6.08 Å². The lowest BCUT2D eigenvalue weighted by atomic mass is 10.0. The van der Waals surface area contributed by atoms with Crippen molar-refractivity contribution in [1.82, 2.24) is 0 Å². The zero-order chi connectivity index (χ0) is 27.9. The third-order valence-electron chi connectivity index (χ3n) is 6.52. The predicted molar refractivity (Wildman–Crippen MR) is 157 cm³/mol. The number of hydrogen-bond donors (Lipinski definition) is 0. The van der Waals surface area contributed by atoms with Crippen molar-refractivity contribution in [2.45, 2.75) is 64.3 Å². The van der Waals surface area contributed by atoms with Crippen molar-refractivity contribution >= 4 is 24.7 Å². The van der Waals surface area contributed by atoms with Crippen molar-refractivity contribution in [3.05, 3.63) is 107 Å². The third kappa shape index (κ3) is 9.54. The van der Waals surface area contributed by atoms with Gasteiger partial charge in [0.1, 0.15) is 0 Å². The number of methoxy groups -OCH3 is 1. The summed E-state index contributed by atoms with van der Waals surface area (Å²) >= 11 is 0. The van der Waals surface area contributed by atoms with Crippen LogP contribution in [0.2, 0.25) is 5.04 Å². The summed E-state index contributed by atoms with van der Waals surface area (Å²) in [4.78, 5) is 21.5. The highest BCUT2D eigenvalue weighted by atomic mass is 28.4. The third-order valence-corrected chi connectivity index (χ3v) is 11.5. The van der Waals surface area contributed by atoms with E-state index in [0.29, 0.717) is 13.0 Å². The minimum absolute atomic E-state index is 0.101. The highest BCUT2D eigenvalue weighted by molar-refractivity contribution is 6.99. The summed E-state index contributed by atoms with van der Waals surface area (Å²) in [5, 5.41) is 12.9. The van der Waals surface area contributed by atoms with E-state index in [1.54, 1.807) is 6.08 Å². The Balaban J connectivity index is 2.26. The molecule has 2 rings (SSSR count). The molecule has 0 bridgehead atoms. The maximum atomic E-state index is 11.4. The standard InChI is InChI=1S/C31H41NO5Si/c1-31(2,3)38(28-19-10-7-11-20-28,29-21-12-8-13-22-29)37-26-24-27(18-14-15-23-30(33)36-4)17-9-5-6-16-25-32(34)35/h7-8,10-13,15-16,19-25H,5-6,9,14,17-18,26H2,1-4H3/b23-15+,25-16+,27-24-. The summed E-state index contributed by atoms with van der Waals surface area (Å²) in [6.45, 7) is 7.28. The van der Waals surface area contributed by atoms with Crippen LogP contribution in [-0.2, 0) is 14.0 Å². The number of nitrogens with zero attached hydrogens (tertiary/aromatic N) is 1. The molecule has 38 heavy (non-hydrogen) atoms. The van der Waals surface area contributed by atoms with Gasteiger partial charge in [-0.05, 0) is 60.0 Å². The van der Waals surface area contributed by atoms with Crippen LogP contribution in [-0.4, -0.2) is 32.9 Å². The van der Waals surface area contributed by atoms with Gasteiger partial charge in [0.15, 0.2) is 0 Å². The zero-order valence-electron chi connectivity index (χ0n) is 23.1. The Bertz CT molecular complexity index is 1050. The molecule has 0 amide bonds. The van der Waals surface area contributed by atoms with E-state index in [4.69, 9.17) is 4.43 Å². The van der Waals surface area contributed by atoms with E-state index in [9.17, 15) is 14.9 Å². The summed E-state index contributed by atoms with van der Waals surface area (Å²) < 4.78 is 11.7. The predicted octanol–water partition coefficient (Wildman–Crippen LogP) is 6.35. The molecule has 0 atom stereocenters. The van der Waals surface area contributed by atoms with Gasteiger partial charge in [-0.3, -0.25) is 10.1 Å². The van der Waals surface area contributed by atoms with Gasteiger partial charge in [-0.25, -0.2) is 4.79 Å². The molecular formula is C31H41NO5Si. The number of unbranched alkanes of at least 4 members (excludes halogenated alkanes) is 2. The second kappa shape index (κ2) is 15.8. The van der Waals surface area contributed by atoms with Gasteiger partial charge in [0.05, 0.1) is 18.6 Å². The van der Waals surface area contributed by atoms with E-state index in [0.717, 1.165) is 38.3 Å². The van der Waals surface area contributed by atoms with Crippen LogP contribution in [0.15, 0.2) is 96.7 Å². The van der Waals surface area contributed by atoms with Crippen molar-refractivity contribution in [3.8, 4) is 0 Å². The molecule has 0 unspecified atom stereocenters. The number of ether oxygens (including phenoxy) is 1. The fourth-order valence-corrected chi connectivity index (χ4v) is 9.16. The van der Waals surface area contributed by atoms with Crippen LogP contribution >= 0.6 is 0 Å². The van der Waals surface area contributed by atoms with Gasteiger partial charge in [-0.1, -0.05) is 99.2 Å². The number of benzene rings is 2. The molecule has 0 spiro atoms. The molecule has 0 fully saturated rings. The summed E-state index contributed by atoms with van der Waals surface area (Å²) in [5.41, 5.74) is 1.26. The Kier molecular flexibility index (Phi) is 12.9. The van der Waals surface area contributed by atoms with Gasteiger partial charge in [-0.15, -0.1) is 0 Å². The van der Waals surface area contributed by atoms with Gasteiger partial charge in [0.25, 0.3) is 8.32 Å². The van der Waals surface area contributed by atoms with Crippen molar-refractivity contribution < 1.29 is 18.9 Å². The fourth-order valence-electron chi connectivity index (χ4n) is 4.67. The number of nitro groups is 1. The number of esters is 1. The van der Waals surface area contributed by atoms with Crippen LogP contribution in [0.4, 0.5) is 0 Å². The molecule has 0 aliphatic heterocycles. The average Bonchev–Trinajstić information content (AvgIpc) is 2.90. The first-order valence-electron chi connectivity index (χ1n) is 13.2. The van der Waals surface area contributed by atoms with E-state index in [1.807, 2.05) is 18.2 Å². The molecule has 2 aromatic rings. The Morgan fingerprint density at radius 3 is 2.05 bits per heavy atom. The number of carbonyl (C=O) groups excluding carboxylic acids is 1. The fraction of sp³-hybridized carbons (Fsp3) is 0.387. The van der Waals surface area contributed by atoms with E-state index < -0.39 is 13.2 Å². The molecule has 0 saturated carbocycles. The van der Waals surface area contributed by atoms with Crippen LogP contribution in [0.5, 0.6) is 0 Å². The molecule has 0 aliphatic rings. The summed E-state index contributed by atoms with van der Waals surface area (Å²) in [6.07, 6.45) is 13.0. The lowest BCUT2D eigenvalue weighted by molar-refractivity contribution is -0.402. The second-order valence-corrected chi connectivity index (χ2v) is 14.5. The molecule has 204 valence electrons. The smallest absolute Gasteiger partial charge is 0.330 e. The van der Waals surface area contributed by atoms with E-state index in [-0.39, 0.29) is 11.0 Å². The second-order valence-electron chi connectivity index (χ2n) is 10.2. The number of carbonyl (C=O) groups is 1. The first-order valence-corrected chi connectivity index (χ1v) is 15.1. The number of hydrogen-bond acceptors (Lipinski definition) is 5. The van der Waals surface area contributed by atoms with Crippen molar-refractivity contribution in [2.24, 2.45) is 0 Å². The van der Waals surface area contributed by atoms with Gasteiger partial charge in [-0.2, -0.15) is 0 Å². The summed E-state index contributed by atoms with van der Waals surface area (Å²) in [6, 6.07) is 21.1. The molecule has 7 heteroatoms. The Morgan fingerprint density at radius 1 is 0.921 bits per heavy atom. The van der Waals surface area contributed by atoms with E-state index in [2.05, 4.69) is 80.1 Å². The minimum atomic E-state index is -2.63. The first-order chi connectivity index (χ1) is 18.2. The normalized spacial score (nSPS) is 12.8. The largest absolute Gasteiger partial charge is 0.466 e. The van der Waals surface area contributed by atoms with Crippen LogP contribution in [0.25, 0.3) is 0 Å². The Labute approximate surface area is 228 Å². The topological polar surface area (TPSA) is 78.7 Å². The molecule has 0 aliphatic carbocycles. The summed E-state index contributed by atoms with van der Waals surface area (Å²) in [5.74, 6) is -0.358. The minimum Gasteiger partial charge on any atom is -0.466 e. The zero-order valence-corrected chi connectivity index (χ0v) is 24.1. The molecule has 0 aromatic heterocycles. The van der Waals surface area contributed by atoms with Crippen LogP contribution in [0.1, 0.15) is 59.3 Å². The Hall–Kier alpha value is -3.29. The van der Waals surface area contributed by atoms with Crippen molar-refractivity contribution in [3.63, 3.8) is 0 Å². The molecular weight excluding hydrogens is 494 g/mol. The maximum absolute atomic E-state index is 11.4. The van der Waals surface area contributed by atoms with Crippen LogP contribution < -0.4 is 10.4 Å². The van der Waals surface area contributed by atoms with E-state index in [1.165, 1.54) is 29.1 Å². The van der Waals surface area contributed by atoms with Crippen molar-refractivity contribution in [1.29, 1.82) is 0 Å². The van der Waals surface area contributed by atoms with Gasteiger partial charge in [0.2, 0.25) is 6.20 Å². The molecule has 6 nitrogen and oxygen atoms in total. The molecule has 0 radical (unpaired) electrons. The SMILES string of the molecule is COC(=O)/C=C/CC/C(=C\CO[Si](c1ccccc1)(c1ccccc1)C(C)(C)C)CCCC/C=C/[N+](=O)[O-]. The highest BCUT2D eigenvalue weighted by Gasteiger charge is 2.49. The quantitative estimate of drug-likeness (QED) is 0.0505. The molecule has 0 N–H and O–H groups in total. The first kappa shape index (κ1) is 30.9. The summed E-state index contributed by atoms with van der Waals surface area (Å²) in [7, 11) is -1.26. The monoisotopic (exact) mass is 535 g/mol. The highest BCUT2D eigenvalue weighted by Crippen LogP contribution is 2.36. The van der Waals surface area contributed by atoms with Crippen LogP contribution in [0.3, 0.4) is 0 Å². The lowest BCUT2D eigenvalue weighted by Crippen LogP contribution is -2.66. The van der Waals surface area contributed by atoms with Gasteiger partial charge < -0.3 is 9.16 Å². The molecule has 2 aromatic carbocycles. The average molecular weight is 536 g/mol. The molecule has 0 saturated heterocycles. The van der Waals surface area contributed by atoms with E-state index >= 15 is 0 Å². The Morgan fingerprint density at radius 2 is 1.53 bits per heavy atom. The maximum Gasteiger partial charge on any atom is 0.330 e. The van der Waals surface area contributed by atoms with Crippen LogP contribution in [0, 0.1) is 10.1 Å². The molecule has 0 heterocycles. The number of rotatable bonds is 15.